The van der Waals surface area contributed by atoms with E-state index in [1.165, 1.54) is 0 Å². The van der Waals surface area contributed by atoms with Crippen LogP contribution in [0, 0.1) is 0 Å². The van der Waals surface area contributed by atoms with Crippen molar-refractivity contribution in [3.8, 4) is 5.75 Å². The van der Waals surface area contributed by atoms with Crippen molar-refractivity contribution in [2.75, 3.05) is 7.11 Å². The van der Waals surface area contributed by atoms with Gasteiger partial charge in [-0.15, -0.1) is 0 Å². The van der Waals surface area contributed by atoms with Crippen LogP contribution in [-0.2, 0) is 10.2 Å². The molecule has 0 saturated heterocycles. The molecule has 0 aromatic heterocycles. The van der Waals surface area contributed by atoms with Crippen molar-refractivity contribution in [1.29, 1.82) is 0 Å². The fourth-order valence-corrected chi connectivity index (χ4v) is 2.29. The van der Waals surface area contributed by atoms with Crippen LogP contribution in [0.4, 0.5) is 0 Å². The van der Waals surface area contributed by atoms with Gasteiger partial charge in [-0.05, 0) is 19.4 Å². The van der Waals surface area contributed by atoms with Gasteiger partial charge >= 0.3 is 0 Å². The topological polar surface area (TPSA) is 64.3 Å². The number of rotatable bonds is 4. The molecular formula is C14H20N2O2. The molecule has 2 rings (SSSR count). The van der Waals surface area contributed by atoms with Gasteiger partial charge in [-0.3, -0.25) is 4.79 Å². The number of benzene rings is 1. The Morgan fingerprint density at radius 1 is 1.56 bits per heavy atom. The van der Waals surface area contributed by atoms with E-state index in [1.54, 1.807) is 14.0 Å². The largest absolute Gasteiger partial charge is 0.496 e. The van der Waals surface area contributed by atoms with E-state index in [-0.39, 0.29) is 17.4 Å². The maximum atomic E-state index is 11.6. The van der Waals surface area contributed by atoms with Crippen LogP contribution < -0.4 is 15.8 Å². The number of carbonyl (C=O) groups is 1. The lowest BCUT2D eigenvalue weighted by atomic mass is 9.96. The van der Waals surface area contributed by atoms with Crippen LogP contribution in [0.1, 0.15) is 25.8 Å². The average Bonchev–Trinajstić information content (AvgIpc) is 3.01. The molecule has 18 heavy (non-hydrogen) atoms. The Morgan fingerprint density at radius 3 is 2.83 bits per heavy atom. The average molecular weight is 248 g/mol. The highest BCUT2D eigenvalue weighted by Crippen LogP contribution is 2.50. The van der Waals surface area contributed by atoms with E-state index in [2.05, 4.69) is 18.3 Å². The second-order valence-corrected chi connectivity index (χ2v) is 5.17. The van der Waals surface area contributed by atoms with E-state index >= 15 is 0 Å². The van der Waals surface area contributed by atoms with Crippen LogP contribution in [0.25, 0.3) is 0 Å². The van der Waals surface area contributed by atoms with E-state index in [1.807, 2.05) is 18.2 Å². The Bertz CT molecular complexity index is 459. The third-order valence-corrected chi connectivity index (χ3v) is 3.69. The van der Waals surface area contributed by atoms with Gasteiger partial charge < -0.3 is 15.8 Å². The zero-order chi connectivity index (χ0) is 13.3. The molecule has 2 unspecified atom stereocenters. The lowest BCUT2D eigenvalue weighted by Crippen LogP contribution is -2.41. The van der Waals surface area contributed by atoms with Crippen molar-refractivity contribution < 1.29 is 9.53 Å². The molecule has 0 aliphatic heterocycles. The van der Waals surface area contributed by atoms with Gasteiger partial charge in [0.1, 0.15) is 5.75 Å². The summed E-state index contributed by atoms with van der Waals surface area (Å²) in [7, 11) is 1.67. The van der Waals surface area contributed by atoms with Gasteiger partial charge in [0.05, 0.1) is 13.2 Å². The van der Waals surface area contributed by atoms with E-state index < -0.39 is 6.04 Å². The van der Waals surface area contributed by atoms with Crippen LogP contribution in [0.5, 0.6) is 5.75 Å². The maximum absolute atomic E-state index is 11.6. The monoisotopic (exact) mass is 248 g/mol. The van der Waals surface area contributed by atoms with Gasteiger partial charge in [0.15, 0.2) is 0 Å². The van der Waals surface area contributed by atoms with Gasteiger partial charge in [0.25, 0.3) is 0 Å². The molecule has 0 heterocycles. The number of hydrogen-bond acceptors (Lipinski definition) is 3. The maximum Gasteiger partial charge on any atom is 0.236 e. The lowest BCUT2D eigenvalue weighted by Gasteiger charge is -2.17. The highest BCUT2D eigenvalue weighted by Gasteiger charge is 2.53. The van der Waals surface area contributed by atoms with E-state index in [9.17, 15) is 4.79 Å². The van der Waals surface area contributed by atoms with Crippen LogP contribution in [0.15, 0.2) is 24.3 Å². The standard InChI is InChI=1S/C14H20N2O2/c1-9(15)13(17)16-12-8-14(12,2)10-6-4-5-7-11(10)18-3/h4-7,9,12H,8,15H2,1-3H3,(H,16,17)/t9-,12?,14?/m1/s1. The summed E-state index contributed by atoms with van der Waals surface area (Å²) in [4.78, 5) is 11.6. The molecular weight excluding hydrogens is 228 g/mol. The second kappa shape index (κ2) is 4.61. The van der Waals surface area contributed by atoms with E-state index in [0.717, 1.165) is 17.7 Å². The van der Waals surface area contributed by atoms with E-state index in [0.29, 0.717) is 0 Å². The zero-order valence-electron chi connectivity index (χ0n) is 11.1. The molecule has 3 N–H and O–H groups in total. The van der Waals surface area contributed by atoms with Crippen LogP contribution in [0.3, 0.4) is 0 Å². The highest BCUT2D eigenvalue weighted by atomic mass is 16.5. The molecule has 0 spiro atoms. The Hall–Kier alpha value is -1.55. The number of amides is 1. The Labute approximate surface area is 108 Å². The summed E-state index contributed by atoms with van der Waals surface area (Å²) in [5.74, 6) is 0.774. The minimum Gasteiger partial charge on any atom is -0.496 e. The SMILES string of the molecule is COc1ccccc1C1(C)CC1NC(=O)[C@@H](C)N. The number of nitrogens with two attached hydrogens (primary N) is 1. The first-order valence-corrected chi connectivity index (χ1v) is 6.18. The Balaban J connectivity index is 2.13. The predicted octanol–water partition coefficient (Wildman–Crippen LogP) is 1.19. The summed E-state index contributed by atoms with van der Waals surface area (Å²) in [6.45, 7) is 3.83. The number of para-hydroxylation sites is 1. The quantitative estimate of drug-likeness (QED) is 0.841. The summed E-state index contributed by atoms with van der Waals surface area (Å²) in [5.41, 5.74) is 6.66. The summed E-state index contributed by atoms with van der Waals surface area (Å²) in [6, 6.07) is 7.62. The van der Waals surface area contributed by atoms with Crippen molar-refractivity contribution in [3.05, 3.63) is 29.8 Å². The van der Waals surface area contributed by atoms with Crippen molar-refractivity contribution in [1.82, 2.24) is 5.32 Å². The first-order chi connectivity index (χ1) is 8.49. The molecule has 0 radical (unpaired) electrons. The smallest absolute Gasteiger partial charge is 0.236 e. The third-order valence-electron chi connectivity index (χ3n) is 3.69. The fourth-order valence-electron chi connectivity index (χ4n) is 2.29. The molecule has 4 nitrogen and oxygen atoms in total. The lowest BCUT2D eigenvalue weighted by molar-refractivity contribution is -0.122. The third kappa shape index (κ3) is 2.20. The first-order valence-electron chi connectivity index (χ1n) is 6.18. The zero-order valence-corrected chi connectivity index (χ0v) is 11.1. The van der Waals surface area contributed by atoms with Gasteiger partial charge in [0.2, 0.25) is 5.91 Å². The molecule has 0 bridgehead atoms. The molecule has 1 saturated carbocycles. The molecule has 98 valence electrons. The highest BCUT2D eigenvalue weighted by molar-refractivity contribution is 5.82. The fraction of sp³-hybridized carbons (Fsp3) is 0.500. The molecule has 3 atom stereocenters. The van der Waals surface area contributed by atoms with Gasteiger partial charge in [-0.1, -0.05) is 25.1 Å². The van der Waals surface area contributed by atoms with Crippen molar-refractivity contribution in [2.24, 2.45) is 5.73 Å². The van der Waals surface area contributed by atoms with Crippen molar-refractivity contribution in [3.63, 3.8) is 0 Å². The molecule has 1 amide bonds. The van der Waals surface area contributed by atoms with E-state index in [4.69, 9.17) is 10.5 Å². The number of methoxy groups -OCH3 is 1. The normalized spacial score (nSPS) is 27.4. The van der Waals surface area contributed by atoms with Gasteiger partial charge in [-0.2, -0.15) is 0 Å². The summed E-state index contributed by atoms with van der Waals surface area (Å²) in [6.07, 6.45) is 0.922. The molecule has 1 fully saturated rings. The summed E-state index contributed by atoms with van der Waals surface area (Å²) >= 11 is 0. The molecule has 4 heteroatoms. The number of ether oxygens (including phenoxy) is 1. The van der Waals surface area contributed by atoms with Crippen LogP contribution in [-0.4, -0.2) is 25.1 Å². The molecule has 1 aromatic carbocycles. The van der Waals surface area contributed by atoms with Crippen molar-refractivity contribution in [2.45, 2.75) is 37.8 Å². The van der Waals surface area contributed by atoms with Gasteiger partial charge in [-0.25, -0.2) is 0 Å². The van der Waals surface area contributed by atoms with Crippen LogP contribution in [0.2, 0.25) is 0 Å². The summed E-state index contributed by atoms with van der Waals surface area (Å²) in [5, 5.41) is 2.97. The number of hydrogen-bond donors (Lipinski definition) is 2. The predicted molar refractivity (Wildman–Crippen MR) is 70.5 cm³/mol. The summed E-state index contributed by atoms with van der Waals surface area (Å²) < 4.78 is 5.38. The Kier molecular flexibility index (Phi) is 3.30. The molecule has 1 aliphatic carbocycles. The molecule has 1 aromatic rings. The number of carbonyl (C=O) groups excluding carboxylic acids is 1. The second-order valence-electron chi connectivity index (χ2n) is 5.17. The number of nitrogens with one attached hydrogen (secondary N) is 1. The van der Waals surface area contributed by atoms with Crippen molar-refractivity contribution >= 4 is 5.91 Å². The minimum absolute atomic E-state index is 0.0445. The Morgan fingerprint density at radius 2 is 2.22 bits per heavy atom. The minimum atomic E-state index is -0.465. The first kappa shape index (κ1) is 12.9. The van der Waals surface area contributed by atoms with Crippen LogP contribution >= 0.6 is 0 Å². The molecule has 1 aliphatic rings. The van der Waals surface area contributed by atoms with Gasteiger partial charge in [0, 0.05) is 17.0 Å².